The third-order valence-electron chi connectivity index (χ3n) is 2.13. The highest BCUT2D eigenvalue weighted by molar-refractivity contribution is 5.97. The molecular formula is C11H14O2. The van der Waals surface area contributed by atoms with Gasteiger partial charge in [0.15, 0.2) is 5.78 Å². The first-order valence-electron chi connectivity index (χ1n) is 4.28. The SMILES string of the molecule is CC(=O)c1c(C)cc(CO)cc1C. The van der Waals surface area contributed by atoms with E-state index in [1.54, 1.807) is 6.92 Å². The van der Waals surface area contributed by atoms with Gasteiger partial charge < -0.3 is 5.11 Å². The number of ketones is 1. The van der Waals surface area contributed by atoms with Gasteiger partial charge in [0.1, 0.15) is 0 Å². The molecule has 1 N–H and O–H groups in total. The number of aliphatic hydroxyl groups excluding tert-OH is 1. The Balaban J connectivity index is 3.31. The molecule has 0 amide bonds. The van der Waals surface area contributed by atoms with E-state index in [0.717, 1.165) is 22.3 Å². The summed E-state index contributed by atoms with van der Waals surface area (Å²) in [5, 5.41) is 8.93. The normalized spacial score (nSPS) is 10.2. The highest BCUT2D eigenvalue weighted by atomic mass is 16.3. The standard InChI is InChI=1S/C11H14O2/c1-7-4-10(6-12)5-8(2)11(7)9(3)13/h4-5,12H,6H2,1-3H3. The number of hydrogen-bond acceptors (Lipinski definition) is 2. The molecular weight excluding hydrogens is 164 g/mol. The van der Waals surface area contributed by atoms with Gasteiger partial charge in [-0.05, 0) is 37.5 Å². The van der Waals surface area contributed by atoms with Crippen molar-refractivity contribution in [2.24, 2.45) is 0 Å². The maximum absolute atomic E-state index is 11.2. The van der Waals surface area contributed by atoms with Crippen LogP contribution in [0, 0.1) is 13.8 Å². The molecule has 1 aromatic carbocycles. The second-order valence-corrected chi connectivity index (χ2v) is 3.32. The first-order chi connectivity index (χ1) is 6.06. The van der Waals surface area contributed by atoms with Crippen molar-refractivity contribution in [1.29, 1.82) is 0 Å². The molecule has 0 spiro atoms. The summed E-state index contributed by atoms with van der Waals surface area (Å²) in [6, 6.07) is 3.70. The van der Waals surface area contributed by atoms with Crippen LogP contribution >= 0.6 is 0 Å². The minimum atomic E-state index is 0.0276. The Morgan fingerprint density at radius 2 is 1.77 bits per heavy atom. The minimum Gasteiger partial charge on any atom is -0.392 e. The zero-order chi connectivity index (χ0) is 10.0. The zero-order valence-corrected chi connectivity index (χ0v) is 8.22. The summed E-state index contributed by atoms with van der Waals surface area (Å²) in [6.45, 7) is 5.37. The van der Waals surface area contributed by atoms with Crippen LogP contribution in [0.1, 0.15) is 34.0 Å². The number of carbonyl (C=O) groups excluding carboxylic acids is 1. The number of Topliss-reactive ketones (excluding diaryl/α,β-unsaturated/α-hetero) is 1. The predicted molar refractivity (Wildman–Crippen MR) is 51.8 cm³/mol. The molecule has 0 aliphatic rings. The van der Waals surface area contributed by atoms with E-state index in [-0.39, 0.29) is 12.4 Å². The Morgan fingerprint density at radius 3 is 2.08 bits per heavy atom. The minimum absolute atomic E-state index is 0.0276. The van der Waals surface area contributed by atoms with E-state index in [1.807, 2.05) is 26.0 Å². The van der Waals surface area contributed by atoms with Gasteiger partial charge in [0, 0.05) is 5.56 Å². The van der Waals surface area contributed by atoms with Crippen molar-refractivity contribution in [3.8, 4) is 0 Å². The fourth-order valence-corrected chi connectivity index (χ4v) is 1.70. The van der Waals surface area contributed by atoms with Crippen molar-refractivity contribution < 1.29 is 9.90 Å². The molecule has 0 atom stereocenters. The van der Waals surface area contributed by atoms with Gasteiger partial charge in [0.2, 0.25) is 0 Å². The van der Waals surface area contributed by atoms with Crippen molar-refractivity contribution in [1.82, 2.24) is 0 Å². The molecule has 2 heteroatoms. The molecule has 13 heavy (non-hydrogen) atoms. The summed E-state index contributed by atoms with van der Waals surface area (Å²) in [5.41, 5.74) is 3.52. The van der Waals surface area contributed by atoms with Crippen LogP contribution in [0.4, 0.5) is 0 Å². The molecule has 70 valence electrons. The Labute approximate surface area is 78.2 Å². The second kappa shape index (κ2) is 3.71. The van der Waals surface area contributed by atoms with Crippen molar-refractivity contribution in [3.63, 3.8) is 0 Å². The van der Waals surface area contributed by atoms with Crippen LogP contribution in [0.3, 0.4) is 0 Å². The summed E-state index contributed by atoms with van der Waals surface area (Å²) in [4.78, 5) is 11.2. The van der Waals surface area contributed by atoms with Crippen molar-refractivity contribution in [2.45, 2.75) is 27.4 Å². The summed E-state index contributed by atoms with van der Waals surface area (Å²) < 4.78 is 0. The molecule has 0 fully saturated rings. The molecule has 0 saturated heterocycles. The van der Waals surface area contributed by atoms with E-state index in [4.69, 9.17) is 5.11 Å². The van der Waals surface area contributed by atoms with E-state index in [2.05, 4.69) is 0 Å². The number of aliphatic hydroxyl groups is 1. The molecule has 1 rings (SSSR count). The second-order valence-electron chi connectivity index (χ2n) is 3.32. The number of benzene rings is 1. The topological polar surface area (TPSA) is 37.3 Å². The molecule has 0 bridgehead atoms. The van der Waals surface area contributed by atoms with Gasteiger partial charge in [-0.2, -0.15) is 0 Å². The quantitative estimate of drug-likeness (QED) is 0.703. The number of rotatable bonds is 2. The van der Waals surface area contributed by atoms with Crippen LogP contribution in [-0.2, 0) is 6.61 Å². The summed E-state index contributed by atoms with van der Waals surface area (Å²) >= 11 is 0. The summed E-state index contributed by atoms with van der Waals surface area (Å²) in [6.07, 6.45) is 0. The zero-order valence-electron chi connectivity index (χ0n) is 8.22. The van der Waals surface area contributed by atoms with Crippen LogP contribution in [0.2, 0.25) is 0 Å². The molecule has 1 aromatic rings. The van der Waals surface area contributed by atoms with E-state index in [9.17, 15) is 4.79 Å². The van der Waals surface area contributed by atoms with Crippen LogP contribution in [0.25, 0.3) is 0 Å². The predicted octanol–water partition coefficient (Wildman–Crippen LogP) is 2.00. The number of carbonyl (C=O) groups is 1. The fourth-order valence-electron chi connectivity index (χ4n) is 1.70. The largest absolute Gasteiger partial charge is 0.392 e. The molecule has 0 aromatic heterocycles. The van der Waals surface area contributed by atoms with Crippen LogP contribution in [-0.4, -0.2) is 10.9 Å². The van der Waals surface area contributed by atoms with E-state index < -0.39 is 0 Å². The van der Waals surface area contributed by atoms with Crippen molar-refractivity contribution >= 4 is 5.78 Å². The van der Waals surface area contributed by atoms with Gasteiger partial charge in [-0.3, -0.25) is 4.79 Å². The average Bonchev–Trinajstić information content (AvgIpc) is 2.02. The van der Waals surface area contributed by atoms with Gasteiger partial charge in [-0.1, -0.05) is 12.1 Å². The van der Waals surface area contributed by atoms with Crippen LogP contribution < -0.4 is 0 Å². The lowest BCUT2D eigenvalue weighted by Crippen LogP contribution is -2.01. The van der Waals surface area contributed by atoms with Gasteiger partial charge in [0.25, 0.3) is 0 Å². The fraction of sp³-hybridized carbons (Fsp3) is 0.364. The van der Waals surface area contributed by atoms with Gasteiger partial charge in [0.05, 0.1) is 6.61 Å². The lowest BCUT2D eigenvalue weighted by Gasteiger charge is -2.08. The summed E-state index contributed by atoms with van der Waals surface area (Å²) in [5.74, 6) is 0.0829. The Morgan fingerprint density at radius 1 is 1.31 bits per heavy atom. The van der Waals surface area contributed by atoms with Gasteiger partial charge in [-0.25, -0.2) is 0 Å². The van der Waals surface area contributed by atoms with E-state index in [0.29, 0.717) is 0 Å². The van der Waals surface area contributed by atoms with E-state index >= 15 is 0 Å². The summed E-state index contributed by atoms with van der Waals surface area (Å²) in [7, 11) is 0. The maximum Gasteiger partial charge on any atom is 0.160 e. The first-order valence-corrected chi connectivity index (χ1v) is 4.28. The Bertz CT molecular complexity index is 317. The molecule has 0 aliphatic heterocycles. The van der Waals surface area contributed by atoms with E-state index in [1.165, 1.54) is 0 Å². The third kappa shape index (κ3) is 1.95. The maximum atomic E-state index is 11.2. The average molecular weight is 178 g/mol. The van der Waals surface area contributed by atoms with Crippen LogP contribution in [0.15, 0.2) is 12.1 Å². The van der Waals surface area contributed by atoms with Crippen molar-refractivity contribution in [2.75, 3.05) is 0 Å². The lowest BCUT2D eigenvalue weighted by atomic mass is 9.97. The smallest absolute Gasteiger partial charge is 0.160 e. The van der Waals surface area contributed by atoms with Gasteiger partial charge >= 0.3 is 0 Å². The molecule has 0 saturated carbocycles. The molecule has 0 radical (unpaired) electrons. The van der Waals surface area contributed by atoms with Gasteiger partial charge in [-0.15, -0.1) is 0 Å². The highest BCUT2D eigenvalue weighted by Crippen LogP contribution is 2.17. The Kier molecular flexibility index (Phi) is 2.83. The molecule has 0 unspecified atom stereocenters. The number of aryl methyl sites for hydroxylation is 2. The Hall–Kier alpha value is -1.15. The number of hydrogen-bond donors (Lipinski definition) is 1. The highest BCUT2D eigenvalue weighted by Gasteiger charge is 2.08. The first kappa shape index (κ1) is 9.93. The third-order valence-corrected chi connectivity index (χ3v) is 2.13. The van der Waals surface area contributed by atoms with Crippen LogP contribution in [0.5, 0.6) is 0 Å². The lowest BCUT2D eigenvalue weighted by molar-refractivity contribution is 0.101. The monoisotopic (exact) mass is 178 g/mol. The molecule has 0 heterocycles. The van der Waals surface area contributed by atoms with Crippen molar-refractivity contribution in [3.05, 3.63) is 34.4 Å². The molecule has 2 nitrogen and oxygen atoms in total. The molecule has 0 aliphatic carbocycles.